The van der Waals surface area contributed by atoms with E-state index < -0.39 is 11.2 Å². The van der Waals surface area contributed by atoms with Crippen LogP contribution in [0.25, 0.3) is 20.9 Å². The summed E-state index contributed by atoms with van der Waals surface area (Å²) < 4.78 is 23.8. The van der Waals surface area contributed by atoms with Crippen LogP contribution in [0.15, 0.2) is 73.6 Å². The van der Waals surface area contributed by atoms with E-state index in [2.05, 4.69) is 67.5 Å². The lowest BCUT2D eigenvalue weighted by molar-refractivity contribution is -0.199. The van der Waals surface area contributed by atoms with E-state index in [1.165, 1.54) is 10.0 Å². The highest BCUT2D eigenvalue weighted by Gasteiger charge is 2.25. The van der Waals surface area contributed by atoms with Crippen molar-refractivity contribution in [2.24, 2.45) is 0 Å². The maximum absolute atomic E-state index is 9.78. The molecular formula is C55H66N10O5S2. The molecule has 0 aromatic carbocycles. The molecule has 9 rings (SSSR count). The highest BCUT2D eigenvalue weighted by Crippen LogP contribution is 2.38. The van der Waals surface area contributed by atoms with E-state index in [-0.39, 0.29) is 6.29 Å². The van der Waals surface area contributed by atoms with E-state index >= 15 is 0 Å². The summed E-state index contributed by atoms with van der Waals surface area (Å²) >= 11 is 3.46. The molecule has 378 valence electrons. The van der Waals surface area contributed by atoms with Gasteiger partial charge in [-0.2, -0.15) is 0 Å². The average molecular weight is 1010 g/mol. The number of hydrogen-bond acceptors (Lipinski definition) is 17. The van der Waals surface area contributed by atoms with Crippen molar-refractivity contribution in [2.45, 2.75) is 115 Å². The molecular weight excluding hydrogens is 945 g/mol. The van der Waals surface area contributed by atoms with Gasteiger partial charge in [-0.15, -0.1) is 22.7 Å². The second-order valence-electron chi connectivity index (χ2n) is 19.7. The highest BCUT2D eigenvalue weighted by atomic mass is 32.1. The molecule has 0 aliphatic carbocycles. The Balaban J connectivity index is 0.000000195. The van der Waals surface area contributed by atoms with Gasteiger partial charge in [0, 0.05) is 66.8 Å². The molecule has 3 aliphatic heterocycles. The summed E-state index contributed by atoms with van der Waals surface area (Å²) in [7, 11) is 4.34. The molecule has 0 bridgehead atoms. The third-order valence-corrected chi connectivity index (χ3v) is 14.9. The number of nitrogens with zero attached hydrogens (tertiary/aromatic N) is 8. The zero-order chi connectivity index (χ0) is 50.7. The summed E-state index contributed by atoms with van der Waals surface area (Å²) in [6.07, 6.45) is 18.3. The molecule has 9 heterocycles. The van der Waals surface area contributed by atoms with Crippen LogP contribution in [-0.2, 0) is 22.7 Å². The molecule has 15 nitrogen and oxygen atoms in total. The molecule has 0 amide bonds. The Bertz CT molecular complexity index is 2870. The quantitative estimate of drug-likeness (QED) is 0.0984. The van der Waals surface area contributed by atoms with Gasteiger partial charge in [-0.1, -0.05) is 11.8 Å². The molecule has 3 fully saturated rings. The van der Waals surface area contributed by atoms with Gasteiger partial charge in [0.15, 0.2) is 29.4 Å². The van der Waals surface area contributed by atoms with Crippen LogP contribution >= 0.6 is 22.7 Å². The normalized spacial score (nSPS) is 17.2. The summed E-state index contributed by atoms with van der Waals surface area (Å²) in [5, 5.41) is 12.2. The summed E-state index contributed by atoms with van der Waals surface area (Å²) in [5.74, 6) is 14.8. The van der Waals surface area contributed by atoms with E-state index in [0.29, 0.717) is 59.6 Å². The fourth-order valence-electron chi connectivity index (χ4n) is 8.32. The fourth-order valence-corrected chi connectivity index (χ4v) is 10.5. The third kappa shape index (κ3) is 15.3. The number of aliphatic hydroxyl groups is 1. The second kappa shape index (κ2) is 24.1. The predicted molar refractivity (Wildman–Crippen MR) is 284 cm³/mol. The van der Waals surface area contributed by atoms with Crippen molar-refractivity contribution >= 4 is 34.3 Å². The van der Waals surface area contributed by atoms with Crippen molar-refractivity contribution in [3.8, 4) is 56.1 Å². The second-order valence-corrected chi connectivity index (χ2v) is 21.8. The van der Waals surface area contributed by atoms with Crippen LogP contribution in [0.5, 0.6) is 11.5 Å². The van der Waals surface area contributed by atoms with Gasteiger partial charge in [-0.3, -0.25) is 0 Å². The smallest absolute Gasteiger partial charge is 0.166 e. The minimum atomic E-state index is -1.07. The average Bonchev–Trinajstić information content (AvgIpc) is 4.08. The van der Waals surface area contributed by atoms with Crippen molar-refractivity contribution in [2.75, 3.05) is 58.3 Å². The number of pyridine rings is 4. The Hall–Kier alpha value is -6.02. The lowest BCUT2D eigenvalue weighted by atomic mass is 9.98. The van der Waals surface area contributed by atoms with Crippen molar-refractivity contribution in [3.63, 3.8) is 0 Å². The van der Waals surface area contributed by atoms with Gasteiger partial charge in [0.05, 0.1) is 19.8 Å². The van der Waals surface area contributed by atoms with Gasteiger partial charge < -0.3 is 45.3 Å². The molecule has 0 radical (unpaired) electrons. The van der Waals surface area contributed by atoms with E-state index in [4.69, 9.17) is 40.4 Å². The van der Waals surface area contributed by atoms with Gasteiger partial charge in [-0.25, -0.2) is 29.9 Å². The first-order valence-corrected chi connectivity index (χ1v) is 26.3. The van der Waals surface area contributed by atoms with Crippen LogP contribution in [0.2, 0.25) is 0 Å². The minimum Gasteiger partial charge on any atom is -0.485 e. The number of nitrogen functional groups attached to an aromatic ring is 2. The molecule has 6 aromatic heterocycles. The van der Waals surface area contributed by atoms with Crippen LogP contribution in [0.4, 0.5) is 11.6 Å². The van der Waals surface area contributed by atoms with Crippen LogP contribution < -0.4 is 20.9 Å². The van der Waals surface area contributed by atoms with Crippen LogP contribution in [0, 0.1) is 23.7 Å². The van der Waals surface area contributed by atoms with Crippen LogP contribution in [0.1, 0.15) is 117 Å². The van der Waals surface area contributed by atoms with Crippen molar-refractivity contribution < 1.29 is 24.1 Å². The lowest BCUT2D eigenvalue weighted by Crippen LogP contribution is -2.33. The number of piperidine rings is 2. The molecule has 3 saturated heterocycles. The number of anilines is 2. The Morgan fingerprint density at radius 3 is 1.60 bits per heavy atom. The molecule has 6 aromatic rings. The largest absolute Gasteiger partial charge is 0.485 e. The molecule has 0 spiro atoms. The topological polar surface area (TPSA) is 193 Å². The summed E-state index contributed by atoms with van der Waals surface area (Å²) in [6, 6.07) is 11.4. The molecule has 0 saturated carbocycles. The van der Waals surface area contributed by atoms with Crippen molar-refractivity contribution in [1.82, 2.24) is 39.7 Å². The molecule has 3 aliphatic rings. The van der Waals surface area contributed by atoms with Crippen molar-refractivity contribution in [1.29, 1.82) is 0 Å². The maximum Gasteiger partial charge on any atom is 0.166 e. The summed E-state index contributed by atoms with van der Waals surface area (Å²) in [4.78, 5) is 33.7. The molecule has 1 atom stereocenters. The Morgan fingerprint density at radius 2 is 1.14 bits per heavy atom. The predicted octanol–water partition coefficient (Wildman–Crippen LogP) is 8.94. The number of ether oxygens (including phenoxy) is 4. The summed E-state index contributed by atoms with van der Waals surface area (Å²) in [6.45, 7) is 13.0. The Labute approximate surface area is 431 Å². The number of nitrogens with two attached hydrogens (primary N) is 2. The first kappa shape index (κ1) is 52.3. The Morgan fingerprint density at radius 1 is 0.653 bits per heavy atom. The standard InChI is InChI=1S/C30H37N5O3S.C25H29N5O2S/c1-30(2,38-27-6-4-5-15-36-27)11-7-24-16-21(8-12-32-24)20-37-25-17-23(18-33-28(25)31)26-19-34-29(39-26)22-9-13-35(3)14-10-22;1-25(2,31)8-4-20-12-17(5-9-27-20)16-32-21-13-19(14-28-23(21)26)22-15-29-24(33-22)18-6-10-30(3)11-7-18/h8,12,16-19,22,27H,4-6,9-10,13-15,20H2,1-3H3,(H2,31,33);5,9,12-15,18,31H,6-7,10-11,16H2,1-3H3,(H2,26,28). The maximum atomic E-state index is 9.78. The summed E-state index contributed by atoms with van der Waals surface area (Å²) in [5.41, 5.74) is 15.5. The monoisotopic (exact) mass is 1010 g/mol. The molecule has 1 unspecified atom stereocenters. The van der Waals surface area contributed by atoms with E-state index in [9.17, 15) is 5.11 Å². The molecule has 5 N–H and O–H groups in total. The first-order chi connectivity index (χ1) is 34.6. The van der Waals surface area contributed by atoms with Crippen molar-refractivity contribution in [3.05, 3.63) is 106 Å². The number of rotatable bonds is 12. The van der Waals surface area contributed by atoms with Gasteiger partial charge in [0.1, 0.15) is 35.8 Å². The van der Waals surface area contributed by atoms with E-state index in [1.807, 2.05) is 62.6 Å². The third-order valence-electron chi connectivity index (χ3n) is 12.5. The van der Waals surface area contributed by atoms with Gasteiger partial charge >= 0.3 is 0 Å². The van der Waals surface area contributed by atoms with E-state index in [1.54, 1.807) is 61.3 Å². The van der Waals surface area contributed by atoms with E-state index in [0.717, 1.165) is 110 Å². The SMILES string of the molecule is CN1CCC(c2ncc(-c3cnc(N)c(OCc4ccnc(C#CC(C)(C)O)c4)c3)s2)CC1.CN1CCC(c2ncc(-c3cnc(N)c(OCc4ccnc(C#CC(C)(C)OC5CCCCO5)c4)c3)s2)CC1. The number of hydrogen-bond donors (Lipinski definition) is 3. The van der Waals surface area contributed by atoms with Crippen LogP contribution in [-0.4, -0.2) is 109 Å². The van der Waals surface area contributed by atoms with Gasteiger partial charge in [0.2, 0.25) is 0 Å². The van der Waals surface area contributed by atoms with Gasteiger partial charge in [-0.05, 0) is 172 Å². The Kier molecular flexibility index (Phi) is 17.5. The zero-order valence-electron chi connectivity index (χ0n) is 42.2. The molecule has 17 heteroatoms. The highest BCUT2D eigenvalue weighted by molar-refractivity contribution is 7.15. The van der Waals surface area contributed by atoms with Gasteiger partial charge in [0.25, 0.3) is 0 Å². The number of thiazole rings is 2. The number of aromatic nitrogens is 6. The number of likely N-dealkylation sites (tertiary alicyclic amines) is 2. The lowest BCUT2D eigenvalue weighted by Gasteiger charge is -2.29. The fraction of sp³-hybridized carbons (Fsp3) is 0.455. The first-order valence-electron chi connectivity index (χ1n) is 24.7. The molecule has 72 heavy (non-hydrogen) atoms. The zero-order valence-corrected chi connectivity index (χ0v) is 43.8. The minimum absolute atomic E-state index is 0.198. The van der Waals surface area contributed by atoms with Crippen LogP contribution in [0.3, 0.4) is 0 Å².